The fraction of sp³-hybridized carbons (Fsp3) is 0.654. The van der Waals surface area contributed by atoms with Crippen LogP contribution in [0.15, 0.2) is 30.3 Å². The minimum Gasteiger partial charge on any atom is -0.444 e. The normalized spacial score (nSPS) is 16.8. The number of amides is 3. The summed E-state index contributed by atoms with van der Waals surface area (Å²) in [6.45, 7) is 10.9. The van der Waals surface area contributed by atoms with Crippen molar-refractivity contribution in [2.45, 2.75) is 103 Å². The number of thiol groups is 1. The Morgan fingerprint density at radius 1 is 1.03 bits per heavy atom. The highest BCUT2D eigenvalue weighted by atomic mass is 32.1. The summed E-state index contributed by atoms with van der Waals surface area (Å²) in [7, 11) is 0. The fourth-order valence-electron chi connectivity index (χ4n) is 4.23. The van der Waals surface area contributed by atoms with Gasteiger partial charge in [-0.1, -0.05) is 49.6 Å². The summed E-state index contributed by atoms with van der Waals surface area (Å²) >= 11 is 4.33. The third-order valence-corrected chi connectivity index (χ3v) is 6.07. The van der Waals surface area contributed by atoms with Crippen molar-refractivity contribution < 1.29 is 19.1 Å². The van der Waals surface area contributed by atoms with E-state index >= 15 is 0 Å². The average molecular weight is 492 g/mol. The SMILES string of the molecule is CC(C)(C)OC(=O)NC(CS)C(=O)N(C(C(=O)NC1CCCCC1)c1ccccc1)C(C)(C)C. The van der Waals surface area contributed by atoms with E-state index in [2.05, 4.69) is 23.3 Å². The number of hydrogen-bond donors (Lipinski definition) is 3. The number of ether oxygens (including phenoxy) is 1. The van der Waals surface area contributed by atoms with Crippen LogP contribution in [0.2, 0.25) is 0 Å². The van der Waals surface area contributed by atoms with Gasteiger partial charge in [-0.25, -0.2) is 4.79 Å². The third-order valence-electron chi connectivity index (χ3n) is 5.71. The second-order valence-electron chi connectivity index (χ2n) is 10.9. The summed E-state index contributed by atoms with van der Waals surface area (Å²) in [4.78, 5) is 41.5. The molecule has 3 amide bonds. The number of rotatable bonds is 7. The topological polar surface area (TPSA) is 87.7 Å². The van der Waals surface area contributed by atoms with Crippen molar-refractivity contribution in [3.8, 4) is 0 Å². The number of nitrogens with zero attached hydrogens (tertiary/aromatic N) is 1. The van der Waals surface area contributed by atoms with E-state index in [1.807, 2.05) is 51.1 Å². The first-order valence-corrected chi connectivity index (χ1v) is 12.8. The summed E-state index contributed by atoms with van der Waals surface area (Å²) < 4.78 is 5.34. The van der Waals surface area contributed by atoms with Crippen molar-refractivity contribution in [2.75, 3.05) is 5.75 Å². The van der Waals surface area contributed by atoms with E-state index in [0.29, 0.717) is 5.56 Å². The number of hydrogen-bond acceptors (Lipinski definition) is 5. The number of carbonyl (C=O) groups is 3. The fourth-order valence-corrected chi connectivity index (χ4v) is 4.48. The Kier molecular flexibility index (Phi) is 9.85. The molecule has 1 aliphatic carbocycles. The van der Waals surface area contributed by atoms with Gasteiger partial charge in [-0.3, -0.25) is 9.59 Å². The molecule has 0 heterocycles. The first-order valence-electron chi connectivity index (χ1n) is 12.1. The lowest BCUT2D eigenvalue weighted by Gasteiger charge is -2.43. The summed E-state index contributed by atoms with van der Waals surface area (Å²) in [6, 6.07) is 7.60. The summed E-state index contributed by atoms with van der Waals surface area (Å²) in [5, 5.41) is 5.83. The second kappa shape index (κ2) is 12.0. The average Bonchev–Trinajstić information content (AvgIpc) is 2.74. The number of nitrogens with one attached hydrogen (secondary N) is 2. The van der Waals surface area contributed by atoms with Crippen LogP contribution in [0, 0.1) is 0 Å². The van der Waals surface area contributed by atoms with Crippen LogP contribution in [0.3, 0.4) is 0 Å². The van der Waals surface area contributed by atoms with Crippen LogP contribution < -0.4 is 10.6 Å². The van der Waals surface area contributed by atoms with E-state index in [-0.39, 0.29) is 23.6 Å². The van der Waals surface area contributed by atoms with Crippen LogP contribution in [0.5, 0.6) is 0 Å². The summed E-state index contributed by atoms with van der Waals surface area (Å²) in [6.07, 6.45) is 4.54. The molecule has 0 bridgehead atoms. The molecule has 7 nitrogen and oxygen atoms in total. The molecule has 190 valence electrons. The molecule has 1 aromatic rings. The van der Waals surface area contributed by atoms with Gasteiger partial charge in [0.15, 0.2) is 0 Å². The molecule has 2 rings (SSSR count). The van der Waals surface area contributed by atoms with Crippen molar-refractivity contribution in [3.05, 3.63) is 35.9 Å². The van der Waals surface area contributed by atoms with E-state index in [4.69, 9.17) is 4.74 Å². The predicted octanol–water partition coefficient (Wildman–Crippen LogP) is 4.63. The van der Waals surface area contributed by atoms with E-state index in [1.54, 1.807) is 25.7 Å². The zero-order chi connectivity index (χ0) is 25.5. The van der Waals surface area contributed by atoms with E-state index in [9.17, 15) is 14.4 Å². The maximum atomic E-state index is 13.9. The second-order valence-corrected chi connectivity index (χ2v) is 11.3. The van der Waals surface area contributed by atoms with Gasteiger partial charge in [-0.05, 0) is 59.9 Å². The van der Waals surface area contributed by atoms with Gasteiger partial charge in [0, 0.05) is 17.3 Å². The summed E-state index contributed by atoms with van der Waals surface area (Å²) in [5.41, 5.74) is -0.697. The van der Waals surface area contributed by atoms with Crippen LogP contribution in [0.25, 0.3) is 0 Å². The van der Waals surface area contributed by atoms with Gasteiger partial charge in [0.2, 0.25) is 11.8 Å². The smallest absolute Gasteiger partial charge is 0.408 e. The quantitative estimate of drug-likeness (QED) is 0.486. The van der Waals surface area contributed by atoms with Gasteiger partial charge < -0.3 is 20.3 Å². The molecular weight excluding hydrogens is 450 g/mol. The maximum absolute atomic E-state index is 13.9. The number of alkyl carbamates (subject to hydrolysis) is 1. The van der Waals surface area contributed by atoms with E-state index in [0.717, 1.165) is 25.7 Å². The molecule has 0 radical (unpaired) electrons. The van der Waals surface area contributed by atoms with Crippen LogP contribution in [0.4, 0.5) is 4.79 Å². The van der Waals surface area contributed by atoms with Gasteiger partial charge in [-0.15, -0.1) is 0 Å². The Hall–Kier alpha value is -2.22. The zero-order valence-corrected chi connectivity index (χ0v) is 22.3. The molecule has 1 saturated carbocycles. The summed E-state index contributed by atoms with van der Waals surface area (Å²) in [5.74, 6) is -0.534. The Bertz CT molecular complexity index is 827. The molecule has 1 fully saturated rings. The lowest BCUT2D eigenvalue weighted by atomic mass is 9.93. The van der Waals surface area contributed by atoms with Gasteiger partial charge >= 0.3 is 6.09 Å². The van der Waals surface area contributed by atoms with Crippen molar-refractivity contribution >= 4 is 30.5 Å². The zero-order valence-electron chi connectivity index (χ0n) is 21.4. The molecule has 0 aromatic heterocycles. The van der Waals surface area contributed by atoms with E-state index < -0.39 is 29.3 Å². The molecule has 0 saturated heterocycles. The first kappa shape index (κ1) is 28.0. The molecule has 1 aliphatic rings. The Morgan fingerprint density at radius 3 is 2.12 bits per heavy atom. The van der Waals surface area contributed by atoms with Crippen LogP contribution in [-0.4, -0.2) is 51.8 Å². The number of benzene rings is 1. The highest BCUT2D eigenvalue weighted by molar-refractivity contribution is 7.80. The lowest BCUT2D eigenvalue weighted by Crippen LogP contribution is -2.59. The third kappa shape index (κ3) is 8.22. The monoisotopic (exact) mass is 491 g/mol. The van der Waals surface area contributed by atoms with Crippen molar-refractivity contribution in [2.24, 2.45) is 0 Å². The van der Waals surface area contributed by atoms with Crippen molar-refractivity contribution in [1.82, 2.24) is 15.5 Å². The Balaban J connectivity index is 2.39. The molecule has 2 unspecified atom stereocenters. The molecule has 2 atom stereocenters. The molecule has 1 aromatic carbocycles. The van der Waals surface area contributed by atoms with Gasteiger partial charge in [-0.2, -0.15) is 12.6 Å². The van der Waals surface area contributed by atoms with Gasteiger partial charge in [0.1, 0.15) is 17.7 Å². The van der Waals surface area contributed by atoms with Crippen LogP contribution in [0.1, 0.15) is 85.3 Å². The largest absolute Gasteiger partial charge is 0.444 e. The molecule has 8 heteroatoms. The molecule has 0 spiro atoms. The predicted molar refractivity (Wildman–Crippen MR) is 138 cm³/mol. The standard InChI is InChI=1S/C26H41N3O4S/c1-25(2,3)29(23(31)20(17-34)28-24(32)33-26(4,5)6)21(18-13-9-7-10-14-18)22(30)27-19-15-11-8-12-16-19/h7,9-10,13-14,19-21,34H,8,11-12,15-17H2,1-6H3,(H,27,30)(H,28,32). The van der Waals surface area contributed by atoms with Gasteiger partial charge in [0.25, 0.3) is 0 Å². The molecule has 34 heavy (non-hydrogen) atoms. The van der Waals surface area contributed by atoms with Crippen LogP contribution in [-0.2, 0) is 14.3 Å². The minimum absolute atomic E-state index is 0.0659. The van der Waals surface area contributed by atoms with Gasteiger partial charge in [0.05, 0.1) is 0 Å². The Labute approximate surface area is 209 Å². The Morgan fingerprint density at radius 2 is 1.62 bits per heavy atom. The minimum atomic E-state index is -0.953. The molecular formula is C26H41N3O4S. The first-order chi connectivity index (χ1) is 15.8. The van der Waals surface area contributed by atoms with Crippen molar-refractivity contribution in [1.29, 1.82) is 0 Å². The highest BCUT2D eigenvalue weighted by Crippen LogP contribution is 2.31. The van der Waals surface area contributed by atoms with Crippen LogP contribution >= 0.6 is 12.6 Å². The highest BCUT2D eigenvalue weighted by Gasteiger charge is 2.42. The molecule has 0 aliphatic heterocycles. The van der Waals surface area contributed by atoms with E-state index in [1.165, 1.54) is 6.42 Å². The lowest BCUT2D eigenvalue weighted by molar-refractivity contribution is -0.148. The van der Waals surface area contributed by atoms with Crippen molar-refractivity contribution in [3.63, 3.8) is 0 Å². The molecule has 2 N–H and O–H groups in total. The number of carbonyl (C=O) groups excluding carboxylic acids is 3. The maximum Gasteiger partial charge on any atom is 0.408 e.